The predicted molar refractivity (Wildman–Crippen MR) is 100 cm³/mol. The van der Waals surface area contributed by atoms with Crippen LogP contribution in [0.15, 0.2) is 36.5 Å². The van der Waals surface area contributed by atoms with Crippen molar-refractivity contribution in [2.75, 3.05) is 23.3 Å². The normalized spacial score (nSPS) is 16.8. The van der Waals surface area contributed by atoms with E-state index in [1.54, 1.807) is 12.1 Å². The summed E-state index contributed by atoms with van der Waals surface area (Å²) < 4.78 is 0. The summed E-state index contributed by atoms with van der Waals surface area (Å²) in [6.45, 7) is 5.05. The van der Waals surface area contributed by atoms with Crippen LogP contribution in [-0.4, -0.2) is 40.9 Å². The standard InChI is InChI=1S/C19H23N5O2/c1-13-5-3-7-18(21-13)24-10-4-6-16(12-24)23-19(26)15-8-9-20-17(11-15)22-14(2)25/h3,5,7-9,11,16H,4,6,10,12H2,1-2H3,(H,23,26)(H,20,22,25)/t16-/m1/s1. The molecule has 7 nitrogen and oxygen atoms in total. The maximum atomic E-state index is 12.6. The van der Waals surface area contributed by atoms with Crippen LogP contribution in [0, 0.1) is 6.92 Å². The molecule has 3 heterocycles. The lowest BCUT2D eigenvalue weighted by atomic mass is 10.0. The second kappa shape index (κ2) is 7.95. The Morgan fingerprint density at radius 3 is 2.88 bits per heavy atom. The van der Waals surface area contributed by atoms with Crippen LogP contribution in [0.1, 0.15) is 35.8 Å². The van der Waals surface area contributed by atoms with Gasteiger partial charge in [-0.05, 0) is 44.0 Å². The van der Waals surface area contributed by atoms with Crippen LogP contribution in [0.2, 0.25) is 0 Å². The first kappa shape index (κ1) is 17.8. The fourth-order valence-corrected chi connectivity index (χ4v) is 3.10. The van der Waals surface area contributed by atoms with Gasteiger partial charge in [-0.15, -0.1) is 0 Å². The van der Waals surface area contributed by atoms with E-state index in [0.717, 1.165) is 37.4 Å². The van der Waals surface area contributed by atoms with E-state index in [1.807, 2.05) is 25.1 Å². The van der Waals surface area contributed by atoms with Gasteiger partial charge in [0.2, 0.25) is 5.91 Å². The molecular formula is C19H23N5O2. The van der Waals surface area contributed by atoms with Gasteiger partial charge < -0.3 is 15.5 Å². The zero-order valence-corrected chi connectivity index (χ0v) is 15.0. The Morgan fingerprint density at radius 1 is 1.27 bits per heavy atom. The van der Waals surface area contributed by atoms with E-state index in [4.69, 9.17) is 0 Å². The number of aryl methyl sites for hydroxylation is 1. The van der Waals surface area contributed by atoms with Crippen molar-refractivity contribution in [1.29, 1.82) is 0 Å². The number of hydrogen-bond donors (Lipinski definition) is 2. The minimum absolute atomic E-state index is 0.0518. The Balaban J connectivity index is 1.65. The number of carbonyl (C=O) groups is 2. The third-order valence-corrected chi connectivity index (χ3v) is 4.28. The highest BCUT2D eigenvalue weighted by Gasteiger charge is 2.23. The quantitative estimate of drug-likeness (QED) is 0.879. The lowest BCUT2D eigenvalue weighted by Crippen LogP contribution is -2.48. The molecule has 1 aliphatic rings. The first-order valence-corrected chi connectivity index (χ1v) is 8.74. The molecule has 0 saturated carbocycles. The number of rotatable bonds is 4. The lowest BCUT2D eigenvalue weighted by Gasteiger charge is -2.34. The zero-order chi connectivity index (χ0) is 18.5. The summed E-state index contributed by atoms with van der Waals surface area (Å²) in [5.41, 5.74) is 1.46. The molecule has 1 fully saturated rings. The van der Waals surface area contributed by atoms with E-state index < -0.39 is 0 Å². The molecule has 0 aliphatic carbocycles. The molecule has 2 aromatic heterocycles. The Labute approximate surface area is 152 Å². The third-order valence-electron chi connectivity index (χ3n) is 4.28. The van der Waals surface area contributed by atoms with Gasteiger partial charge in [-0.1, -0.05) is 6.07 Å². The molecule has 0 bridgehead atoms. The van der Waals surface area contributed by atoms with Crippen molar-refractivity contribution in [3.05, 3.63) is 47.8 Å². The Bertz CT molecular complexity index is 808. The van der Waals surface area contributed by atoms with E-state index in [0.29, 0.717) is 11.4 Å². The molecule has 3 rings (SSSR count). The molecule has 0 radical (unpaired) electrons. The molecule has 2 N–H and O–H groups in total. The summed E-state index contributed by atoms with van der Waals surface area (Å²) in [6, 6.07) is 9.25. The fourth-order valence-electron chi connectivity index (χ4n) is 3.10. The minimum Gasteiger partial charge on any atom is -0.355 e. The number of carbonyl (C=O) groups excluding carboxylic acids is 2. The van der Waals surface area contributed by atoms with E-state index in [9.17, 15) is 9.59 Å². The van der Waals surface area contributed by atoms with Crippen LogP contribution in [0.25, 0.3) is 0 Å². The maximum absolute atomic E-state index is 12.6. The highest BCUT2D eigenvalue weighted by atomic mass is 16.2. The molecule has 1 saturated heterocycles. The molecule has 1 atom stereocenters. The Morgan fingerprint density at radius 2 is 2.12 bits per heavy atom. The van der Waals surface area contributed by atoms with E-state index >= 15 is 0 Å². The highest BCUT2D eigenvalue weighted by Crippen LogP contribution is 2.18. The fraction of sp³-hybridized carbons (Fsp3) is 0.368. The molecule has 0 unspecified atom stereocenters. The largest absolute Gasteiger partial charge is 0.355 e. The number of amides is 2. The number of hydrogen-bond acceptors (Lipinski definition) is 5. The molecule has 0 aromatic carbocycles. The first-order chi connectivity index (χ1) is 12.5. The third kappa shape index (κ3) is 4.56. The smallest absolute Gasteiger partial charge is 0.251 e. The first-order valence-electron chi connectivity index (χ1n) is 8.74. The molecule has 136 valence electrons. The predicted octanol–water partition coefficient (Wildman–Crippen LogP) is 2.14. The van der Waals surface area contributed by atoms with Crippen LogP contribution in [-0.2, 0) is 4.79 Å². The SMILES string of the molecule is CC(=O)Nc1cc(C(=O)N[C@@H]2CCCN(c3cccc(C)n3)C2)ccn1. The second-order valence-electron chi connectivity index (χ2n) is 6.51. The van der Waals surface area contributed by atoms with Crippen LogP contribution in [0.3, 0.4) is 0 Å². The van der Waals surface area contributed by atoms with Crippen LogP contribution in [0.5, 0.6) is 0 Å². The van der Waals surface area contributed by atoms with Crippen molar-refractivity contribution in [3.8, 4) is 0 Å². The number of piperidine rings is 1. The van der Waals surface area contributed by atoms with Crippen molar-refractivity contribution in [2.45, 2.75) is 32.7 Å². The number of pyridine rings is 2. The summed E-state index contributed by atoms with van der Waals surface area (Å²) in [6.07, 6.45) is 3.44. The number of nitrogens with zero attached hydrogens (tertiary/aromatic N) is 3. The van der Waals surface area contributed by atoms with Gasteiger partial charge in [-0.2, -0.15) is 0 Å². The van der Waals surface area contributed by atoms with Crippen molar-refractivity contribution in [3.63, 3.8) is 0 Å². The molecular weight excluding hydrogens is 330 g/mol. The van der Waals surface area contributed by atoms with Crippen molar-refractivity contribution in [2.24, 2.45) is 0 Å². The summed E-state index contributed by atoms with van der Waals surface area (Å²) in [5.74, 6) is 0.937. The van der Waals surface area contributed by atoms with Crippen LogP contribution >= 0.6 is 0 Å². The van der Waals surface area contributed by atoms with Gasteiger partial charge in [0.1, 0.15) is 11.6 Å². The Kier molecular flexibility index (Phi) is 5.46. The highest BCUT2D eigenvalue weighted by molar-refractivity contribution is 5.96. The molecule has 2 amide bonds. The number of anilines is 2. The van der Waals surface area contributed by atoms with E-state index in [-0.39, 0.29) is 17.9 Å². The summed E-state index contributed by atoms with van der Waals surface area (Å²) in [5, 5.41) is 5.67. The summed E-state index contributed by atoms with van der Waals surface area (Å²) >= 11 is 0. The summed E-state index contributed by atoms with van der Waals surface area (Å²) in [7, 11) is 0. The summed E-state index contributed by atoms with van der Waals surface area (Å²) in [4.78, 5) is 34.5. The van der Waals surface area contributed by atoms with Gasteiger partial charge >= 0.3 is 0 Å². The number of nitrogens with one attached hydrogen (secondary N) is 2. The number of aromatic nitrogens is 2. The van der Waals surface area contributed by atoms with Crippen molar-refractivity contribution >= 4 is 23.5 Å². The van der Waals surface area contributed by atoms with Gasteiger partial charge in [-0.25, -0.2) is 9.97 Å². The lowest BCUT2D eigenvalue weighted by molar-refractivity contribution is -0.114. The zero-order valence-electron chi connectivity index (χ0n) is 15.0. The molecule has 1 aliphatic heterocycles. The topological polar surface area (TPSA) is 87.2 Å². The van der Waals surface area contributed by atoms with Gasteiger partial charge in [-0.3, -0.25) is 9.59 Å². The van der Waals surface area contributed by atoms with Gasteiger partial charge in [0.25, 0.3) is 5.91 Å². The monoisotopic (exact) mass is 353 g/mol. The van der Waals surface area contributed by atoms with Crippen LogP contribution in [0.4, 0.5) is 11.6 Å². The van der Waals surface area contributed by atoms with Gasteiger partial charge in [0.15, 0.2) is 0 Å². The average molecular weight is 353 g/mol. The van der Waals surface area contributed by atoms with Gasteiger partial charge in [0.05, 0.1) is 0 Å². The van der Waals surface area contributed by atoms with E-state index in [1.165, 1.54) is 13.1 Å². The molecule has 7 heteroatoms. The van der Waals surface area contributed by atoms with Gasteiger partial charge in [0, 0.05) is 43.5 Å². The molecule has 0 spiro atoms. The Hall–Kier alpha value is -2.96. The second-order valence-corrected chi connectivity index (χ2v) is 6.51. The average Bonchev–Trinajstić information content (AvgIpc) is 2.61. The van der Waals surface area contributed by atoms with Crippen LogP contribution < -0.4 is 15.5 Å². The molecule has 2 aromatic rings. The minimum atomic E-state index is -0.219. The maximum Gasteiger partial charge on any atom is 0.251 e. The van der Waals surface area contributed by atoms with E-state index in [2.05, 4.69) is 25.5 Å². The molecule has 26 heavy (non-hydrogen) atoms. The van der Waals surface area contributed by atoms with Crippen molar-refractivity contribution in [1.82, 2.24) is 15.3 Å². The van der Waals surface area contributed by atoms with Crippen molar-refractivity contribution < 1.29 is 9.59 Å².